The highest BCUT2D eigenvalue weighted by Gasteiger charge is 2.21. The number of nitrogens with zero attached hydrogens (tertiary/aromatic N) is 2. The van der Waals surface area contributed by atoms with Crippen molar-refractivity contribution in [3.63, 3.8) is 0 Å². The van der Waals surface area contributed by atoms with Crippen LogP contribution >= 0.6 is 0 Å². The van der Waals surface area contributed by atoms with E-state index in [1.54, 1.807) is 7.05 Å². The van der Waals surface area contributed by atoms with Gasteiger partial charge in [0.1, 0.15) is 0 Å². The first-order valence-corrected chi connectivity index (χ1v) is 11.8. The second-order valence-corrected chi connectivity index (χ2v) is 9.50. The van der Waals surface area contributed by atoms with Crippen molar-refractivity contribution in [3.8, 4) is 0 Å². The topological polar surface area (TPSA) is 85.8 Å². The molecule has 0 amide bonds. The fourth-order valence-electron chi connectivity index (χ4n) is 3.39. The van der Waals surface area contributed by atoms with Crippen LogP contribution in [0.15, 0.2) is 4.99 Å². The SMILES string of the molecule is CCCCN1CCC(NC(=NC)NCCS(=O)(=O)NCC2CCC2)CC1. The minimum absolute atomic E-state index is 0.0792. The predicted molar refractivity (Wildman–Crippen MR) is 108 cm³/mol. The molecule has 7 nitrogen and oxygen atoms in total. The third-order valence-electron chi connectivity index (χ3n) is 5.46. The Kier molecular flexibility index (Phi) is 9.15. The van der Waals surface area contributed by atoms with Gasteiger partial charge in [-0.15, -0.1) is 0 Å². The molecule has 1 aliphatic heterocycles. The molecule has 0 unspecified atom stereocenters. The van der Waals surface area contributed by atoms with Gasteiger partial charge < -0.3 is 15.5 Å². The van der Waals surface area contributed by atoms with Gasteiger partial charge in [-0.25, -0.2) is 13.1 Å². The first-order valence-electron chi connectivity index (χ1n) is 10.2. The number of piperidine rings is 1. The van der Waals surface area contributed by atoms with Gasteiger partial charge in [-0.1, -0.05) is 19.8 Å². The molecule has 0 radical (unpaired) electrons. The third-order valence-corrected chi connectivity index (χ3v) is 6.81. The molecule has 0 spiro atoms. The van der Waals surface area contributed by atoms with Crippen LogP contribution in [0.1, 0.15) is 51.9 Å². The van der Waals surface area contributed by atoms with Gasteiger partial charge in [0.25, 0.3) is 0 Å². The van der Waals surface area contributed by atoms with Crippen LogP contribution in [0.3, 0.4) is 0 Å². The molecule has 2 rings (SSSR count). The average Bonchev–Trinajstić information content (AvgIpc) is 2.58. The zero-order chi connectivity index (χ0) is 18.8. The molecule has 0 atom stereocenters. The fourth-order valence-corrected chi connectivity index (χ4v) is 4.39. The summed E-state index contributed by atoms with van der Waals surface area (Å²) in [4.78, 5) is 6.76. The Labute approximate surface area is 159 Å². The summed E-state index contributed by atoms with van der Waals surface area (Å²) in [5.74, 6) is 1.32. The number of unbranched alkanes of at least 4 members (excludes halogenated alkanes) is 1. The summed E-state index contributed by atoms with van der Waals surface area (Å²) in [6.07, 6.45) is 8.24. The maximum Gasteiger partial charge on any atom is 0.213 e. The zero-order valence-corrected chi connectivity index (χ0v) is 17.3. The van der Waals surface area contributed by atoms with Crippen LogP contribution in [-0.4, -0.2) is 70.8 Å². The van der Waals surface area contributed by atoms with Crippen molar-refractivity contribution in [1.82, 2.24) is 20.3 Å². The van der Waals surface area contributed by atoms with Crippen LogP contribution in [0.4, 0.5) is 0 Å². The van der Waals surface area contributed by atoms with Crippen LogP contribution in [0.2, 0.25) is 0 Å². The molecular weight excluding hydrogens is 350 g/mol. The molecule has 8 heteroatoms. The summed E-state index contributed by atoms with van der Waals surface area (Å²) in [5, 5.41) is 6.57. The van der Waals surface area contributed by atoms with E-state index in [0.717, 1.165) is 38.8 Å². The Morgan fingerprint density at radius 3 is 2.50 bits per heavy atom. The third kappa shape index (κ3) is 7.80. The number of hydrogen-bond donors (Lipinski definition) is 3. The molecule has 1 saturated carbocycles. The number of rotatable bonds is 10. The quantitative estimate of drug-likeness (QED) is 0.387. The van der Waals surface area contributed by atoms with E-state index in [1.165, 1.54) is 25.8 Å². The summed E-state index contributed by atoms with van der Waals surface area (Å²) < 4.78 is 26.8. The smallest absolute Gasteiger partial charge is 0.213 e. The molecule has 1 heterocycles. The Morgan fingerprint density at radius 1 is 1.19 bits per heavy atom. The van der Waals surface area contributed by atoms with E-state index >= 15 is 0 Å². The largest absolute Gasteiger partial charge is 0.355 e. The van der Waals surface area contributed by atoms with Crippen LogP contribution in [0.25, 0.3) is 0 Å². The number of sulfonamides is 1. The van der Waals surface area contributed by atoms with Crippen LogP contribution in [0.5, 0.6) is 0 Å². The van der Waals surface area contributed by atoms with Gasteiger partial charge in [-0.05, 0) is 44.6 Å². The highest BCUT2D eigenvalue weighted by molar-refractivity contribution is 7.89. The minimum atomic E-state index is -3.21. The molecule has 0 aromatic carbocycles. The fraction of sp³-hybridized carbons (Fsp3) is 0.944. The van der Waals surface area contributed by atoms with Crippen molar-refractivity contribution in [1.29, 1.82) is 0 Å². The predicted octanol–water partition coefficient (Wildman–Crippen LogP) is 1.14. The van der Waals surface area contributed by atoms with Crippen LogP contribution in [0, 0.1) is 5.92 Å². The molecule has 0 aromatic heterocycles. The van der Waals surface area contributed by atoms with Crippen LogP contribution < -0.4 is 15.4 Å². The Morgan fingerprint density at radius 2 is 1.92 bits per heavy atom. The first kappa shape index (κ1) is 21.4. The Bertz CT molecular complexity index is 526. The maximum atomic E-state index is 12.0. The number of hydrogen-bond acceptors (Lipinski definition) is 4. The van der Waals surface area contributed by atoms with Gasteiger partial charge in [0.15, 0.2) is 5.96 Å². The summed E-state index contributed by atoms with van der Waals surface area (Å²) in [7, 11) is -1.48. The molecule has 3 N–H and O–H groups in total. The van der Waals surface area contributed by atoms with Crippen molar-refractivity contribution in [2.75, 3.05) is 45.5 Å². The Balaban J connectivity index is 1.61. The molecule has 1 aliphatic carbocycles. The molecule has 26 heavy (non-hydrogen) atoms. The Hall–Kier alpha value is -0.860. The lowest BCUT2D eigenvalue weighted by Crippen LogP contribution is -2.49. The van der Waals surface area contributed by atoms with Crippen LogP contribution in [-0.2, 0) is 10.0 Å². The molecule has 2 fully saturated rings. The van der Waals surface area contributed by atoms with Gasteiger partial charge >= 0.3 is 0 Å². The number of nitrogens with one attached hydrogen (secondary N) is 3. The highest BCUT2D eigenvalue weighted by Crippen LogP contribution is 2.25. The molecular formula is C18H37N5O2S. The van der Waals surface area contributed by atoms with E-state index in [2.05, 4.69) is 32.2 Å². The van der Waals surface area contributed by atoms with E-state index in [1.807, 2.05) is 0 Å². The standard InChI is InChI=1S/C18H37N5O2S/c1-3-4-11-23-12-8-17(9-13-23)22-18(19-2)20-10-14-26(24,25)21-15-16-6-5-7-16/h16-17,21H,3-15H2,1-2H3,(H2,19,20,22). The van der Waals surface area contributed by atoms with Gasteiger partial charge in [-0.3, -0.25) is 4.99 Å². The minimum Gasteiger partial charge on any atom is -0.355 e. The van der Waals surface area contributed by atoms with Crippen molar-refractivity contribution in [2.45, 2.75) is 57.9 Å². The van der Waals surface area contributed by atoms with Crippen molar-refractivity contribution in [2.24, 2.45) is 10.9 Å². The zero-order valence-electron chi connectivity index (χ0n) is 16.5. The second-order valence-electron chi connectivity index (χ2n) is 7.58. The van der Waals surface area contributed by atoms with Gasteiger partial charge in [-0.2, -0.15) is 0 Å². The van der Waals surface area contributed by atoms with E-state index in [0.29, 0.717) is 31.0 Å². The number of aliphatic imine (C=N–C) groups is 1. The monoisotopic (exact) mass is 387 g/mol. The maximum absolute atomic E-state index is 12.0. The molecule has 152 valence electrons. The van der Waals surface area contributed by atoms with Crippen molar-refractivity contribution in [3.05, 3.63) is 0 Å². The lowest BCUT2D eigenvalue weighted by atomic mass is 9.86. The molecule has 2 aliphatic rings. The second kappa shape index (κ2) is 11.1. The first-order chi connectivity index (χ1) is 12.5. The molecule has 0 aromatic rings. The van der Waals surface area contributed by atoms with E-state index in [-0.39, 0.29) is 5.75 Å². The van der Waals surface area contributed by atoms with E-state index in [9.17, 15) is 8.42 Å². The van der Waals surface area contributed by atoms with Gasteiger partial charge in [0.2, 0.25) is 10.0 Å². The summed E-state index contributed by atoms with van der Waals surface area (Å²) in [5.41, 5.74) is 0. The highest BCUT2D eigenvalue weighted by atomic mass is 32.2. The number of guanidine groups is 1. The van der Waals surface area contributed by atoms with E-state index in [4.69, 9.17) is 0 Å². The van der Waals surface area contributed by atoms with Gasteiger partial charge in [0, 0.05) is 39.3 Å². The molecule has 0 bridgehead atoms. The van der Waals surface area contributed by atoms with Gasteiger partial charge in [0.05, 0.1) is 5.75 Å². The summed E-state index contributed by atoms with van der Waals surface area (Å²) >= 11 is 0. The molecule has 1 saturated heterocycles. The van der Waals surface area contributed by atoms with Crippen molar-refractivity contribution >= 4 is 16.0 Å². The van der Waals surface area contributed by atoms with E-state index < -0.39 is 10.0 Å². The normalized spacial score (nSPS) is 20.8. The number of likely N-dealkylation sites (tertiary alicyclic amines) is 1. The summed E-state index contributed by atoms with van der Waals surface area (Å²) in [6, 6.07) is 0.410. The lowest BCUT2D eigenvalue weighted by molar-refractivity contribution is 0.203. The lowest BCUT2D eigenvalue weighted by Gasteiger charge is -2.33. The summed E-state index contributed by atoms with van der Waals surface area (Å²) in [6.45, 7) is 6.62. The van der Waals surface area contributed by atoms with Crippen molar-refractivity contribution < 1.29 is 8.42 Å². The average molecular weight is 388 g/mol.